The van der Waals surface area contributed by atoms with Crippen molar-refractivity contribution in [1.82, 2.24) is 16.0 Å². The third-order valence-corrected chi connectivity index (χ3v) is 4.32. The van der Waals surface area contributed by atoms with Gasteiger partial charge in [0.1, 0.15) is 18.1 Å². The smallest absolute Gasteiger partial charge is 0.326 e. The number of hydrogen-bond acceptors (Lipinski definition) is 7. The Morgan fingerprint density at radius 1 is 0.933 bits per heavy atom. The lowest BCUT2D eigenvalue weighted by Crippen LogP contribution is -2.57. The van der Waals surface area contributed by atoms with E-state index in [9.17, 15) is 29.1 Å². The summed E-state index contributed by atoms with van der Waals surface area (Å²) in [4.78, 5) is 59.1. The molecule has 3 atom stereocenters. The Morgan fingerprint density at radius 3 is 2.00 bits per heavy atom. The molecule has 0 fully saturated rings. The molecule has 1 rings (SSSR count). The maximum absolute atomic E-state index is 12.7. The SMILES string of the molecule is NCC(=O)NC(CS)C(=O)NC(Cc1ccccc1)C(=O)NC(CC(N)=O)C(=O)O. The largest absolute Gasteiger partial charge is 0.480 e. The molecule has 0 bridgehead atoms. The Labute approximate surface area is 178 Å². The number of carbonyl (C=O) groups is 5. The van der Waals surface area contributed by atoms with Gasteiger partial charge in [0.25, 0.3) is 0 Å². The third-order valence-electron chi connectivity index (χ3n) is 3.96. The quantitative estimate of drug-likeness (QED) is 0.175. The van der Waals surface area contributed by atoms with E-state index in [2.05, 4.69) is 28.6 Å². The predicted octanol–water partition coefficient (Wildman–Crippen LogP) is -2.47. The van der Waals surface area contributed by atoms with E-state index in [-0.39, 0.29) is 18.7 Å². The van der Waals surface area contributed by atoms with Crippen LogP contribution >= 0.6 is 12.6 Å². The number of carboxylic acid groups (broad SMARTS) is 1. The maximum Gasteiger partial charge on any atom is 0.326 e. The van der Waals surface area contributed by atoms with Crippen molar-refractivity contribution in [3.8, 4) is 0 Å². The van der Waals surface area contributed by atoms with E-state index >= 15 is 0 Å². The average molecular weight is 439 g/mol. The number of rotatable bonds is 12. The normalized spacial score (nSPS) is 13.4. The molecule has 11 nitrogen and oxygen atoms in total. The van der Waals surface area contributed by atoms with E-state index in [1.54, 1.807) is 30.3 Å². The summed E-state index contributed by atoms with van der Waals surface area (Å²) in [5.74, 6) is -4.54. The summed E-state index contributed by atoms with van der Waals surface area (Å²) in [6.45, 7) is -0.334. The number of benzene rings is 1. The van der Waals surface area contributed by atoms with Gasteiger partial charge >= 0.3 is 5.97 Å². The number of hydrogen-bond donors (Lipinski definition) is 7. The van der Waals surface area contributed by atoms with Gasteiger partial charge in [-0.1, -0.05) is 30.3 Å². The molecule has 1 aromatic rings. The van der Waals surface area contributed by atoms with Gasteiger partial charge in [-0.2, -0.15) is 12.6 Å². The molecule has 1 aromatic carbocycles. The summed E-state index contributed by atoms with van der Waals surface area (Å²) in [5.41, 5.74) is 10.9. The van der Waals surface area contributed by atoms with E-state index in [1.165, 1.54) is 0 Å². The van der Waals surface area contributed by atoms with Gasteiger partial charge < -0.3 is 32.5 Å². The Hall–Kier alpha value is -3.12. The van der Waals surface area contributed by atoms with Crippen LogP contribution in [0.3, 0.4) is 0 Å². The van der Waals surface area contributed by atoms with Crippen LogP contribution in [0.4, 0.5) is 0 Å². The summed E-state index contributed by atoms with van der Waals surface area (Å²) in [7, 11) is 0. The second-order valence-corrected chi connectivity index (χ2v) is 6.69. The van der Waals surface area contributed by atoms with Crippen LogP contribution in [0.25, 0.3) is 0 Å². The van der Waals surface area contributed by atoms with E-state index in [4.69, 9.17) is 11.5 Å². The first-order valence-electron chi connectivity index (χ1n) is 8.94. The van der Waals surface area contributed by atoms with E-state index < -0.39 is 54.1 Å². The van der Waals surface area contributed by atoms with Gasteiger partial charge in [-0.05, 0) is 5.56 Å². The van der Waals surface area contributed by atoms with E-state index in [0.717, 1.165) is 0 Å². The average Bonchev–Trinajstić information content (AvgIpc) is 2.70. The van der Waals surface area contributed by atoms with Crippen molar-refractivity contribution >= 4 is 42.2 Å². The topological polar surface area (TPSA) is 194 Å². The molecule has 30 heavy (non-hydrogen) atoms. The van der Waals surface area contributed by atoms with Crippen molar-refractivity contribution in [2.75, 3.05) is 12.3 Å². The lowest BCUT2D eigenvalue weighted by molar-refractivity contribution is -0.143. The maximum atomic E-state index is 12.7. The summed E-state index contributed by atoms with van der Waals surface area (Å²) in [5, 5.41) is 16.2. The van der Waals surface area contributed by atoms with E-state index in [1.807, 2.05) is 0 Å². The van der Waals surface area contributed by atoms with Crippen LogP contribution < -0.4 is 27.4 Å². The molecule has 0 aliphatic carbocycles. The summed E-state index contributed by atoms with van der Waals surface area (Å²) in [6, 6.07) is 4.87. The zero-order chi connectivity index (χ0) is 22.7. The van der Waals surface area contributed by atoms with Crippen LogP contribution in [-0.4, -0.2) is 65.1 Å². The summed E-state index contributed by atoms with van der Waals surface area (Å²) in [6.07, 6.45) is -0.579. The van der Waals surface area contributed by atoms with Crippen molar-refractivity contribution in [2.24, 2.45) is 11.5 Å². The van der Waals surface area contributed by atoms with Crippen molar-refractivity contribution in [1.29, 1.82) is 0 Å². The third kappa shape index (κ3) is 8.49. The fourth-order valence-electron chi connectivity index (χ4n) is 2.45. The van der Waals surface area contributed by atoms with Gasteiger partial charge in [-0.25, -0.2) is 4.79 Å². The minimum absolute atomic E-state index is 0.0332. The molecule has 0 aliphatic heterocycles. The highest BCUT2D eigenvalue weighted by molar-refractivity contribution is 7.80. The molecule has 0 aromatic heterocycles. The molecule has 0 spiro atoms. The highest BCUT2D eigenvalue weighted by atomic mass is 32.1. The number of carbonyl (C=O) groups excluding carboxylic acids is 4. The Morgan fingerprint density at radius 2 is 1.50 bits per heavy atom. The second kappa shape index (κ2) is 12.4. The minimum Gasteiger partial charge on any atom is -0.480 e. The summed E-state index contributed by atoms with van der Waals surface area (Å²) < 4.78 is 0. The van der Waals surface area contributed by atoms with Crippen molar-refractivity contribution < 1.29 is 29.1 Å². The number of nitrogens with one attached hydrogen (secondary N) is 3. The van der Waals surface area contributed by atoms with Gasteiger partial charge in [0.2, 0.25) is 23.6 Å². The number of carboxylic acids is 1. The first-order valence-corrected chi connectivity index (χ1v) is 9.57. The summed E-state index contributed by atoms with van der Waals surface area (Å²) >= 11 is 4.02. The Balaban J connectivity index is 3.01. The molecular weight excluding hydrogens is 414 g/mol. The fraction of sp³-hybridized carbons (Fsp3) is 0.389. The molecule has 3 unspecified atom stereocenters. The van der Waals surface area contributed by atoms with Crippen LogP contribution in [-0.2, 0) is 30.4 Å². The first-order chi connectivity index (χ1) is 14.2. The molecule has 0 aliphatic rings. The molecular formula is C18H25N5O6S. The van der Waals surface area contributed by atoms with E-state index in [0.29, 0.717) is 5.56 Å². The molecule has 0 saturated carbocycles. The highest BCUT2D eigenvalue weighted by Crippen LogP contribution is 2.05. The fourth-order valence-corrected chi connectivity index (χ4v) is 2.71. The Kier molecular flexibility index (Phi) is 10.3. The molecule has 4 amide bonds. The van der Waals surface area contributed by atoms with Crippen molar-refractivity contribution in [3.63, 3.8) is 0 Å². The zero-order valence-corrected chi connectivity index (χ0v) is 16.9. The predicted molar refractivity (Wildman–Crippen MR) is 110 cm³/mol. The number of thiol groups is 1. The Bertz CT molecular complexity index is 776. The van der Waals surface area contributed by atoms with Crippen LogP contribution in [0, 0.1) is 0 Å². The van der Waals surface area contributed by atoms with Gasteiger partial charge in [0.05, 0.1) is 13.0 Å². The van der Waals surface area contributed by atoms with Crippen LogP contribution in [0.1, 0.15) is 12.0 Å². The standard InChI is InChI=1S/C18H25N5O6S/c19-8-15(25)21-13(9-30)17(27)22-11(6-10-4-2-1-3-5-10)16(26)23-12(18(28)29)7-14(20)24/h1-5,11-13,30H,6-9,19H2,(H2,20,24)(H,21,25)(H,22,27)(H,23,26)(H,28,29). The molecule has 164 valence electrons. The monoisotopic (exact) mass is 439 g/mol. The van der Waals surface area contributed by atoms with Crippen LogP contribution in [0.2, 0.25) is 0 Å². The number of nitrogens with two attached hydrogens (primary N) is 2. The van der Waals surface area contributed by atoms with Gasteiger partial charge in [0.15, 0.2) is 0 Å². The molecule has 12 heteroatoms. The molecule has 0 radical (unpaired) electrons. The lowest BCUT2D eigenvalue weighted by atomic mass is 10.0. The highest BCUT2D eigenvalue weighted by Gasteiger charge is 2.30. The first kappa shape index (κ1) is 24.9. The molecule has 0 heterocycles. The number of amides is 4. The zero-order valence-electron chi connectivity index (χ0n) is 16.0. The van der Waals surface area contributed by atoms with Crippen LogP contribution in [0.5, 0.6) is 0 Å². The molecule has 8 N–H and O–H groups in total. The number of aliphatic carboxylic acids is 1. The lowest BCUT2D eigenvalue weighted by Gasteiger charge is -2.23. The van der Waals surface area contributed by atoms with Crippen molar-refractivity contribution in [3.05, 3.63) is 35.9 Å². The van der Waals surface area contributed by atoms with Gasteiger partial charge in [-0.3, -0.25) is 19.2 Å². The van der Waals surface area contributed by atoms with Crippen LogP contribution in [0.15, 0.2) is 30.3 Å². The molecule has 0 saturated heterocycles. The van der Waals surface area contributed by atoms with Crippen molar-refractivity contribution in [2.45, 2.75) is 31.0 Å². The second-order valence-electron chi connectivity index (χ2n) is 6.33. The van der Waals surface area contributed by atoms with Gasteiger partial charge in [-0.15, -0.1) is 0 Å². The van der Waals surface area contributed by atoms with Gasteiger partial charge in [0, 0.05) is 12.2 Å². The minimum atomic E-state index is -1.55. The number of primary amides is 1.